The zero-order valence-corrected chi connectivity index (χ0v) is 14.9. The smallest absolute Gasteiger partial charge is 0.246 e. The van der Waals surface area contributed by atoms with Crippen molar-refractivity contribution >= 4 is 35.3 Å². The molecular weight excluding hydrogens is 330 g/mol. The zero-order valence-electron chi connectivity index (χ0n) is 14.1. The maximum atomic E-state index is 12.8. The highest BCUT2D eigenvalue weighted by Crippen LogP contribution is 2.25. The van der Waals surface area contributed by atoms with Gasteiger partial charge < -0.3 is 16.0 Å². The lowest BCUT2D eigenvalue weighted by atomic mass is 10.00. The fourth-order valence-corrected chi connectivity index (χ4v) is 4.29. The number of ketones is 1. The third-order valence-electron chi connectivity index (χ3n) is 4.43. The Balaban J connectivity index is 2.06. The Labute approximate surface area is 146 Å². The first-order chi connectivity index (χ1) is 11.3. The molecule has 0 radical (unpaired) electrons. The highest BCUT2D eigenvalue weighted by atomic mass is 32.2. The highest BCUT2D eigenvalue weighted by Gasteiger charge is 2.38. The molecule has 2 rings (SSSR count). The number of carbonyl (C=O) groups is 4. The molecule has 7 nitrogen and oxygen atoms in total. The minimum absolute atomic E-state index is 0.0895. The molecule has 2 aliphatic rings. The monoisotopic (exact) mass is 355 g/mol. The molecular formula is C16H25N3O4S. The molecule has 8 heteroatoms. The highest BCUT2D eigenvalue weighted by molar-refractivity contribution is 7.99. The van der Waals surface area contributed by atoms with Crippen molar-refractivity contribution in [2.45, 2.75) is 51.6 Å². The van der Waals surface area contributed by atoms with Crippen LogP contribution in [0.1, 0.15) is 39.5 Å². The van der Waals surface area contributed by atoms with Crippen molar-refractivity contribution in [3.05, 3.63) is 0 Å². The van der Waals surface area contributed by atoms with Gasteiger partial charge in [0.15, 0.2) is 0 Å². The third kappa shape index (κ3) is 4.49. The van der Waals surface area contributed by atoms with Gasteiger partial charge in [-0.25, -0.2) is 0 Å². The van der Waals surface area contributed by atoms with Crippen molar-refractivity contribution in [1.29, 1.82) is 0 Å². The zero-order chi connectivity index (χ0) is 17.9. The molecule has 3 amide bonds. The summed E-state index contributed by atoms with van der Waals surface area (Å²) in [6.07, 6.45) is 1.69. The Morgan fingerprint density at radius 2 is 2.08 bits per heavy atom. The number of thioether (sulfide) groups is 1. The van der Waals surface area contributed by atoms with Crippen LogP contribution in [0.25, 0.3) is 0 Å². The summed E-state index contributed by atoms with van der Waals surface area (Å²) in [7, 11) is 0. The average Bonchev–Trinajstić information content (AvgIpc) is 3.13. The van der Waals surface area contributed by atoms with Crippen LogP contribution in [-0.4, -0.2) is 52.1 Å². The van der Waals surface area contributed by atoms with Crippen molar-refractivity contribution in [2.24, 2.45) is 17.6 Å². The molecule has 0 spiro atoms. The van der Waals surface area contributed by atoms with Crippen LogP contribution in [0.2, 0.25) is 0 Å². The molecule has 0 aromatic heterocycles. The van der Waals surface area contributed by atoms with E-state index in [1.54, 1.807) is 0 Å². The Kier molecular flexibility index (Phi) is 6.26. The summed E-state index contributed by atoms with van der Waals surface area (Å²) >= 11 is 1.47. The van der Waals surface area contributed by atoms with Crippen molar-refractivity contribution in [3.63, 3.8) is 0 Å². The predicted molar refractivity (Wildman–Crippen MR) is 90.9 cm³/mol. The van der Waals surface area contributed by atoms with Gasteiger partial charge in [-0.15, -0.1) is 11.8 Å². The van der Waals surface area contributed by atoms with Crippen LogP contribution < -0.4 is 11.1 Å². The van der Waals surface area contributed by atoms with Crippen LogP contribution >= 0.6 is 11.8 Å². The van der Waals surface area contributed by atoms with Crippen LogP contribution in [0.15, 0.2) is 0 Å². The molecule has 0 aromatic rings. The normalized spacial score (nSPS) is 25.1. The van der Waals surface area contributed by atoms with Gasteiger partial charge in [-0.2, -0.15) is 0 Å². The SMILES string of the molecule is CC(C)C[C@@H](NC(=O)C1CCC(=O)C1)C(=O)N1CSCC1C(N)=O. The second kappa shape index (κ2) is 8.00. The third-order valence-corrected chi connectivity index (χ3v) is 5.44. The number of hydrogen-bond acceptors (Lipinski definition) is 5. The van der Waals surface area contributed by atoms with Gasteiger partial charge in [-0.3, -0.25) is 19.2 Å². The Morgan fingerprint density at radius 1 is 1.38 bits per heavy atom. The van der Waals surface area contributed by atoms with Gasteiger partial charge in [0.1, 0.15) is 17.9 Å². The largest absolute Gasteiger partial charge is 0.368 e. The van der Waals surface area contributed by atoms with E-state index in [1.165, 1.54) is 16.7 Å². The molecule has 1 aliphatic carbocycles. The maximum absolute atomic E-state index is 12.8. The van der Waals surface area contributed by atoms with Crippen LogP contribution in [0.4, 0.5) is 0 Å². The summed E-state index contributed by atoms with van der Waals surface area (Å²) in [5.74, 6) is -0.209. The van der Waals surface area contributed by atoms with Gasteiger partial charge >= 0.3 is 0 Å². The summed E-state index contributed by atoms with van der Waals surface area (Å²) in [6, 6.07) is -1.31. The van der Waals surface area contributed by atoms with E-state index >= 15 is 0 Å². The minimum Gasteiger partial charge on any atom is -0.368 e. The molecule has 0 bridgehead atoms. The number of Topliss-reactive ketones (excluding diaryl/α,β-unsaturated/α-hetero) is 1. The first-order valence-electron chi connectivity index (χ1n) is 8.29. The average molecular weight is 355 g/mol. The number of nitrogens with one attached hydrogen (secondary N) is 1. The van der Waals surface area contributed by atoms with E-state index < -0.39 is 18.0 Å². The Bertz CT molecular complexity index is 537. The van der Waals surface area contributed by atoms with Crippen molar-refractivity contribution in [3.8, 4) is 0 Å². The van der Waals surface area contributed by atoms with Crippen LogP contribution in [-0.2, 0) is 19.2 Å². The molecule has 1 saturated heterocycles. The molecule has 3 atom stereocenters. The number of primary amides is 1. The molecule has 1 aliphatic heterocycles. The molecule has 134 valence electrons. The van der Waals surface area contributed by atoms with E-state index in [4.69, 9.17) is 5.73 Å². The lowest BCUT2D eigenvalue weighted by molar-refractivity contribution is -0.141. The molecule has 3 N–H and O–H groups in total. The van der Waals surface area contributed by atoms with Crippen molar-refractivity contribution < 1.29 is 19.2 Å². The summed E-state index contributed by atoms with van der Waals surface area (Å²) < 4.78 is 0. The maximum Gasteiger partial charge on any atom is 0.246 e. The van der Waals surface area contributed by atoms with E-state index in [0.29, 0.717) is 30.9 Å². The summed E-state index contributed by atoms with van der Waals surface area (Å²) in [6.45, 7) is 3.94. The van der Waals surface area contributed by atoms with Gasteiger partial charge in [0.2, 0.25) is 17.7 Å². The predicted octanol–water partition coefficient (Wildman–Crippen LogP) is 0.273. The number of amides is 3. The van der Waals surface area contributed by atoms with Crippen LogP contribution in [0.5, 0.6) is 0 Å². The van der Waals surface area contributed by atoms with Gasteiger partial charge in [-0.05, 0) is 18.8 Å². The first-order valence-corrected chi connectivity index (χ1v) is 9.44. The van der Waals surface area contributed by atoms with Crippen molar-refractivity contribution in [2.75, 3.05) is 11.6 Å². The van der Waals surface area contributed by atoms with Gasteiger partial charge in [0, 0.05) is 24.5 Å². The fraction of sp³-hybridized carbons (Fsp3) is 0.750. The molecule has 1 saturated carbocycles. The number of hydrogen-bond donors (Lipinski definition) is 2. The second-order valence-electron chi connectivity index (χ2n) is 6.90. The molecule has 2 unspecified atom stereocenters. The lowest BCUT2D eigenvalue weighted by Gasteiger charge is -2.28. The quantitative estimate of drug-likeness (QED) is 0.711. The number of nitrogens with two attached hydrogens (primary N) is 1. The summed E-state index contributed by atoms with van der Waals surface area (Å²) in [4.78, 5) is 49.6. The Morgan fingerprint density at radius 3 is 2.62 bits per heavy atom. The summed E-state index contributed by atoms with van der Waals surface area (Å²) in [5, 5.41) is 2.80. The first kappa shape index (κ1) is 18.8. The Hall–Kier alpha value is -1.57. The van der Waals surface area contributed by atoms with E-state index in [-0.39, 0.29) is 35.9 Å². The number of carbonyl (C=O) groups excluding carboxylic acids is 4. The van der Waals surface area contributed by atoms with Crippen LogP contribution in [0, 0.1) is 11.8 Å². The van der Waals surface area contributed by atoms with Crippen LogP contribution in [0.3, 0.4) is 0 Å². The van der Waals surface area contributed by atoms with E-state index in [0.717, 1.165) is 0 Å². The number of nitrogens with zero attached hydrogens (tertiary/aromatic N) is 1. The van der Waals surface area contributed by atoms with E-state index in [9.17, 15) is 19.2 Å². The topological polar surface area (TPSA) is 110 Å². The number of rotatable bonds is 6. The molecule has 0 aromatic carbocycles. The van der Waals surface area contributed by atoms with Gasteiger partial charge in [0.25, 0.3) is 0 Å². The molecule has 1 heterocycles. The summed E-state index contributed by atoms with van der Waals surface area (Å²) in [5.41, 5.74) is 5.37. The van der Waals surface area contributed by atoms with Crippen molar-refractivity contribution in [1.82, 2.24) is 10.2 Å². The fourth-order valence-electron chi connectivity index (χ4n) is 3.12. The minimum atomic E-state index is -0.686. The molecule has 24 heavy (non-hydrogen) atoms. The lowest BCUT2D eigenvalue weighted by Crippen LogP contribution is -2.54. The standard InChI is InChI=1S/C16H25N3O4S/c1-9(2)5-12(18-15(22)10-3-4-11(20)6-10)16(23)19-8-24-7-13(19)14(17)21/h9-10,12-13H,3-8H2,1-2H3,(H2,17,21)(H,18,22)/t10?,12-,13?/m1/s1. The van der Waals surface area contributed by atoms with E-state index in [1.807, 2.05) is 13.8 Å². The van der Waals surface area contributed by atoms with Gasteiger partial charge in [-0.1, -0.05) is 13.8 Å². The van der Waals surface area contributed by atoms with E-state index in [2.05, 4.69) is 5.32 Å². The van der Waals surface area contributed by atoms with Gasteiger partial charge in [0.05, 0.1) is 5.88 Å². The second-order valence-corrected chi connectivity index (χ2v) is 7.89. The molecule has 2 fully saturated rings.